The highest BCUT2D eigenvalue weighted by Gasteiger charge is 2.26. The van der Waals surface area contributed by atoms with Gasteiger partial charge in [0.15, 0.2) is 0 Å². The van der Waals surface area contributed by atoms with Crippen LogP contribution in [0.1, 0.15) is 45.4 Å². The molecule has 0 aromatic rings. The third-order valence-electron chi connectivity index (χ3n) is 3.38. The molecule has 2 saturated carbocycles. The van der Waals surface area contributed by atoms with E-state index in [4.69, 9.17) is 4.74 Å². The Labute approximate surface area is 87.4 Å². The highest BCUT2D eigenvalue weighted by Crippen LogP contribution is 2.30. The van der Waals surface area contributed by atoms with E-state index in [9.17, 15) is 0 Å². The van der Waals surface area contributed by atoms with Gasteiger partial charge in [0.05, 0.1) is 6.10 Å². The normalized spacial score (nSPS) is 33.2. The second kappa shape index (κ2) is 5.13. The standard InChI is InChI=1S/C12H23NO/c1-2-13-11-4-3-5-12(8-11)14-9-10-6-7-10/h10-13H,2-9H2,1H3. The monoisotopic (exact) mass is 197 g/mol. The number of ether oxygens (including phenoxy) is 1. The topological polar surface area (TPSA) is 21.3 Å². The quantitative estimate of drug-likeness (QED) is 0.730. The molecule has 0 heterocycles. The van der Waals surface area contributed by atoms with Crippen LogP contribution in [0, 0.1) is 5.92 Å². The predicted octanol–water partition coefficient (Wildman–Crippen LogP) is 2.33. The molecule has 2 nitrogen and oxygen atoms in total. The molecule has 0 amide bonds. The van der Waals surface area contributed by atoms with Gasteiger partial charge in [0, 0.05) is 12.6 Å². The number of nitrogens with one attached hydrogen (secondary N) is 1. The van der Waals surface area contributed by atoms with Gasteiger partial charge in [-0.05, 0) is 51.0 Å². The Morgan fingerprint density at radius 3 is 2.79 bits per heavy atom. The van der Waals surface area contributed by atoms with Crippen LogP contribution in [0.25, 0.3) is 0 Å². The lowest BCUT2D eigenvalue weighted by molar-refractivity contribution is 0.0140. The maximum atomic E-state index is 5.94. The summed E-state index contributed by atoms with van der Waals surface area (Å²) in [6.07, 6.45) is 8.57. The summed E-state index contributed by atoms with van der Waals surface area (Å²) < 4.78 is 5.94. The summed E-state index contributed by atoms with van der Waals surface area (Å²) in [5.41, 5.74) is 0. The molecule has 2 unspecified atom stereocenters. The van der Waals surface area contributed by atoms with Gasteiger partial charge in [-0.2, -0.15) is 0 Å². The number of rotatable bonds is 5. The van der Waals surface area contributed by atoms with Crippen molar-refractivity contribution in [3.63, 3.8) is 0 Å². The summed E-state index contributed by atoms with van der Waals surface area (Å²) in [5.74, 6) is 0.912. The molecule has 2 rings (SSSR count). The maximum absolute atomic E-state index is 5.94. The second-order valence-electron chi connectivity index (χ2n) is 4.82. The molecule has 2 aliphatic carbocycles. The van der Waals surface area contributed by atoms with E-state index in [2.05, 4.69) is 12.2 Å². The molecule has 2 heteroatoms. The highest BCUT2D eigenvalue weighted by atomic mass is 16.5. The van der Waals surface area contributed by atoms with Crippen LogP contribution in [-0.4, -0.2) is 25.3 Å². The summed E-state index contributed by atoms with van der Waals surface area (Å²) in [6, 6.07) is 0.720. The summed E-state index contributed by atoms with van der Waals surface area (Å²) in [4.78, 5) is 0. The summed E-state index contributed by atoms with van der Waals surface area (Å²) in [6.45, 7) is 4.32. The van der Waals surface area contributed by atoms with E-state index in [1.54, 1.807) is 0 Å². The minimum absolute atomic E-state index is 0.549. The lowest BCUT2D eigenvalue weighted by Gasteiger charge is -2.29. The van der Waals surface area contributed by atoms with Crippen molar-refractivity contribution in [1.82, 2.24) is 5.32 Å². The first-order chi connectivity index (χ1) is 6.88. The zero-order chi connectivity index (χ0) is 9.80. The molecular weight excluding hydrogens is 174 g/mol. The second-order valence-corrected chi connectivity index (χ2v) is 4.82. The van der Waals surface area contributed by atoms with Crippen LogP contribution in [0.5, 0.6) is 0 Å². The smallest absolute Gasteiger partial charge is 0.0590 e. The molecule has 0 aliphatic heterocycles. The molecule has 2 aliphatic rings. The molecule has 14 heavy (non-hydrogen) atoms. The van der Waals surface area contributed by atoms with E-state index >= 15 is 0 Å². The van der Waals surface area contributed by atoms with Crippen molar-refractivity contribution >= 4 is 0 Å². The Morgan fingerprint density at radius 2 is 2.07 bits per heavy atom. The Morgan fingerprint density at radius 1 is 1.21 bits per heavy atom. The Hall–Kier alpha value is -0.0800. The van der Waals surface area contributed by atoms with Gasteiger partial charge >= 0.3 is 0 Å². The van der Waals surface area contributed by atoms with Crippen LogP contribution < -0.4 is 5.32 Å². The average Bonchev–Trinajstić information content (AvgIpc) is 2.99. The molecule has 2 fully saturated rings. The maximum Gasteiger partial charge on any atom is 0.0590 e. The van der Waals surface area contributed by atoms with Crippen molar-refractivity contribution in [2.75, 3.05) is 13.2 Å². The lowest BCUT2D eigenvalue weighted by Crippen LogP contribution is -2.37. The predicted molar refractivity (Wildman–Crippen MR) is 58.4 cm³/mol. The van der Waals surface area contributed by atoms with Gasteiger partial charge in [0.25, 0.3) is 0 Å². The van der Waals surface area contributed by atoms with Crippen LogP contribution in [0.15, 0.2) is 0 Å². The fraction of sp³-hybridized carbons (Fsp3) is 1.00. The number of hydrogen-bond acceptors (Lipinski definition) is 2. The van der Waals surface area contributed by atoms with Gasteiger partial charge in [-0.3, -0.25) is 0 Å². The van der Waals surface area contributed by atoms with Gasteiger partial charge in [0.2, 0.25) is 0 Å². The van der Waals surface area contributed by atoms with Crippen LogP contribution in [0.2, 0.25) is 0 Å². The van der Waals surface area contributed by atoms with Gasteiger partial charge in [-0.15, -0.1) is 0 Å². The summed E-state index contributed by atoms with van der Waals surface area (Å²) in [5, 5.41) is 3.54. The van der Waals surface area contributed by atoms with Crippen molar-refractivity contribution < 1.29 is 4.74 Å². The largest absolute Gasteiger partial charge is 0.378 e. The summed E-state index contributed by atoms with van der Waals surface area (Å²) >= 11 is 0. The van der Waals surface area contributed by atoms with Crippen LogP contribution in [0.3, 0.4) is 0 Å². The van der Waals surface area contributed by atoms with Crippen LogP contribution in [-0.2, 0) is 4.74 Å². The minimum Gasteiger partial charge on any atom is -0.378 e. The lowest BCUT2D eigenvalue weighted by atomic mass is 9.93. The van der Waals surface area contributed by atoms with Crippen molar-refractivity contribution in [3.8, 4) is 0 Å². The molecule has 82 valence electrons. The Kier molecular flexibility index (Phi) is 3.82. The van der Waals surface area contributed by atoms with Crippen molar-refractivity contribution in [2.45, 2.75) is 57.6 Å². The third-order valence-corrected chi connectivity index (χ3v) is 3.38. The van der Waals surface area contributed by atoms with Gasteiger partial charge in [-0.1, -0.05) is 6.92 Å². The van der Waals surface area contributed by atoms with Gasteiger partial charge in [0.1, 0.15) is 0 Å². The van der Waals surface area contributed by atoms with Crippen LogP contribution >= 0.6 is 0 Å². The van der Waals surface area contributed by atoms with Crippen LogP contribution in [0.4, 0.5) is 0 Å². The first kappa shape index (κ1) is 10.4. The van der Waals surface area contributed by atoms with Crippen molar-refractivity contribution in [3.05, 3.63) is 0 Å². The third kappa shape index (κ3) is 3.25. The fourth-order valence-corrected chi connectivity index (χ4v) is 2.33. The summed E-state index contributed by atoms with van der Waals surface area (Å²) in [7, 11) is 0. The minimum atomic E-state index is 0.549. The van der Waals surface area contributed by atoms with E-state index in [-0.39, 0.29) is 0 Å². The Bertz CT molecular complexity index is 166. The van der Waals surface area contributed by atoms with E-state index in [0.29, 0.717) is 6.10 Å². The van der Waals surface area contributed by atoms with E-state index in [0.717, 1.165) is 25.1 Å². The molecule has 0 aromatic carbocycles. The fourth-order valence-electron chi connectivity index (χ4n) is 2.33. The first-order valence-electron chi connectivity index (χ1n) is 6.23. The molecule has 1 N–H and O–H groups in total. The van der Waals surface area contributed by atoms with E-state index < -0.39 is 0 Å². The zero-order valence-electron chi connectivity index (χ0n) is 9.30. The molecule has 0 bridgehead atoms. The Balaban J connectivity index is 1.64. The van der Waals surface area contributed by atoms with E-state index in [1.165, 1.54) is 38.5 Å². The molecule has 0 saturated heterocycles. The van der Waals surface area contributed by atoms with Crippen molar-refractivity contribution in [1.29, 1.82) is 0 Å². The van der Waals surface area contributed by atoms with E-state index in [1.807, 2.05) is 0 Å². The molecular formula is C12H23NO. The molecule has 0 spiro atoms. The van der Waals surface area contributed by atoms with Gasteiger partial charge < -0.3 is 10.1 Å². The first-order valence-corrected chi connectivity index (χ1v) is 6.23. The van der Waals surface area contributed by atoms with Gasteiger partial charge in [-0.25, -0.2) is 0 Å². The molecule has 0 aromatic heterocycles. The number of hydrogen-bond donors (Lipinski definition) is 1. The molecule has 0 radical (unpaired) electrons. The van der Waals surface area contributed by atoms with Crippen molar-refractivity contribution in [2.24, 2.45) is 5.92 Å². The molecule has 2 atom stereocenters. The SMILES string of the molecule is CCNC1CCCC(OCC2CC2)C1. The zero-order valence-corrected chi connectivity index (χ0v) is 9.30. The highest BCUT2D eigenvalue weighted by molar-refractivity contribution is 4.79. The average molecular weight is 197 g/mol.